The first-order chi connectivity index (χ1) is 15.3. The van der Waals surface area contributed by atoms with E-state index in [0.717, 1.165) is 18.2 Å². The van der Waals surface area contributed by atoms with E-state index >= 15 is 0 Å². The van der Waals surface area contributed by atoms with Crippen molar-refractivity contribution in [1.82, 2.24) is 0 Å². The van der Waals surface area contributed by atoms with Crippen molar-refractivity contribution in [3.63, 3.8) is 0 Å². The fourth-order valence-electron chi connectivity index (χ4n) is 4.81. The smallest absolute Gasteiger partial charge is 0.126 e. The van der Waals surface area contributed by atoms with Crippen molar-refractivity contribution in [3.05, 3.63) is 41.5 Å². The molecule has 0 saturated heterocycles. The molecule has 0 saturated carbocycles. The van der Waals surface area contributed by atoms with Crippen molar-refractivity contribution in [2.24, 2.45) is 0 Å². The summed E-state index contributed by atoms with van der Waals surface area (Å²) in [7, 11) is 0. The number of hydrogen-bond acceptors (Lipinski definition) is 1. The molecule has 174 valence electrons. The number of phenols is 1. The van der Waals surface area contributed by atoms with Gasteiger partial charge in [-0.25, -0.2) is 0 Å². The minimum Gasteiger partial charge on any atom is -0.507 e. The molecule has 0 fully saturated rings. The summed E-state index contributed by atoms with van der Waals surface area (Å²) in [6.45, 7) is 4.56. The summed E-state index contributed by atoms with van der Waals surface area (Å²) in [5, 5.41) is 13.3. The molecule has 0 heterocycles. The third kappa shape index (κ3) is 9.67. The first-order valence-corrected chi connectivity index (χ1v) is 13.5. The van der Waals surface area contributed by atoms with Crippen LogP contribution in [0.2, 0.25) is 0 Å². The third-order valence-corrected chi connectivity index (χ3v) is 6.80. The third-order valence-electron chi connectivity index (χ3n) is 6.80. The van der Waals surface area contributed by atoms with Gasteiger partial charge in [-0.15, -0.1) is 0 Å². The molecule has 0 unspecified atom stereocenters. The summed E-state index contributed by atoms with van der Waals surface area (Å²) >= 11 is 0. The van der Waals surface area contributed by atoms with Crippen molar-refractivity contribution < 1.29 is 5.11 Å². The van der Waals surface area contributed by atoms with E-state index in [1.807, 2.05) is 6.07 Å². The average molecular weight is 425 g/mol. The van der Waals surface area contributed by atoms with Gasteiger partial charge < -0.3 is 5.11 Å². The summed E-state index contributed by atoms with van der Waals surface area (Å²) in [5.41, 5.74) is 2.62. The van der Waals surface area contributed by atoms with E-state index in [-0.39, 0.29) is 0 Å². The summed E-state index contributed by atoms with van der Waals surface area (Å²) in [5.74, 6) is 0.551. The fraction of sp³-hybridized carbons (Fsp3) is 0.667. The Labute approximate surface area is 192 Å². The van der Waals surface area contributed by atoms with E-state index < -0.39 is 0 Å². The monoisotopic (exact) mass is 424 g/mol. The number of unbranched alkanes of at least 4 members (excludes halogenated alkanes) is 14. The van der Waals surface area contributed by atoms with E-state index in [9.17, 15) is 5.11 Å². The van der Waals surface area contributed by atoms with Crippen LogP contribution in [0.4, 0.5) is 0 Å². The first-order valence-electron chi connectivity index (χ1n) is 13.5. The Hall–Kier alpha value is -1.50. The number of aryl methyl sites for hydroxylation is 1. The maximum absolute atomic E-state index is 11.1. The van der Waals surface area contributed by atoms with Crippen LogP contribution in [0.25, 0.3) is 10.8 Å². The van der Waals surface area contributed by atoms with Crippen LogP contribution in [0.1, 0.15) is 128 Å². The lowest BCUT2D eigenvalue weighted by Gasteiger charge is -2.15. The second-order valence-corrected chi connectivity index (χ2v) is 9.53. The second kappa shape index (κ2) is 16.2. The molecule has 2 aromatic rings. The van der Waals surface area contributed by atoms with E-state index in [4.69, 9.17) is 0 Å². The molecule has 0 atom stereocenters. The largest absolute Gasteiger partial charge is 0.507 e. The van der Waals surface area contributed by atoms with E-state index in [1.54, 1.807) is 0 Å². The average Bonchev–Trinajstić information content (AvgIpc) is 2.79. The lowest BCUT2D eigenvalue weighted by molar-refractivity contribution is 0.470. The van der Waals surface area contributed by atoms with Gasteiger partial charge in [0.05, 0.1) is 0 Å². The quantitative estimate of drug-likeness (QED) is 0.236. The Bertz CT molecular complexity index is 718. The highest BCUT2D eigenvalue weighted by Crippen LogP contribution is 2.34. The summed E-state index contributed by atoms with van der Waals surface area (Å²) in [4.78, 5) is 0. The minimum atomic E-state index is 0.551. The maximum Gasteiger partial charge on any atom is 0.126 e. The van der Waals surface area contributed by atoms with Gasteiger partial charge >= 0.3 is 0 Å². The van der Waals surface area contributed by atoms with Crippen LogP contribution in [-0.2, 0) is 12.8 Å². The molecule has 1 heteroatoms. The van der Waals surface area contributed by atoms with Gasteiger partial charge in [-0.3, -0.25) is 0 Å². The molecule has 2 aromatic carbocycles. The number of aromatic hydroxyl groups is 1. The second-order valence-electron chi connectivity index (χ2n) is 9.53. The molecule has 0 radical (unpaired) electrons. The molecular formula is C30H48O. The Morgan fingerprint density at radius 1 is 0.581 bits per heavy atom. The highest BCUT2D eigenvalue weighted by Gasteiger charge is 2.12. The van der Waals surface area contributed by atoms with Gasteiger partial charge in [0.25, 0.3) is 0 Å². The number of rotatable bonds is 18. The fourth-order valence-corrected chi connectivity index (χ4v) is 4.81. The molecule has 1 nitrogen and oxygen atoms in total. The van der Waals surface area contributed by atoms with Crippen LogP contribution < -0.4 is 0 Å². The standard InChI is InChI=1S/C30H48O/c1-3-5-7-9-11-13-15-17-21-26-25-27-22-19-20-24-29(27)30(31)28(26)23-18-16-14-12-10-8-6-4-2/h19-20,22,24-25,31H,3-18,21,23H2,1-2H3. The van der Waals surface area contributed by atoms with Gasteiger partial charge in [0.1, 0.15) is 5.75 Å². The highest BCUT2D eigenvalue weighted by molar-refractivity contribution is 5.90. The zero-order valence-corrected chi connectivity index (χ0v) is 20.6. The summed E-state index contributed by atoms with van der Waals surface area (Å²) in [6.07, 6.45) is 23.6. The Balaban J connectivity index is 1.86. The number of hydrogen-bond donors (Lipinski definition) is 1. The van der Waals surface area contributed by atoms with Crippen molar-refractivity contribution in [2.75, 3.05) is 0 Å². The van der Waals surface area contributed by atoms with Gasteiger partial charge in [-0.2, -0.15) is 0 Å². The van der Waals surface area contributed by atoms with E-state index in [1.165, 1.54) is 119 Å². The summed E-state index contributed by atoms with van der Waals surface area (Å²) < 4.78 is 0. The molecule has 0 aliphatic carbocycles. The van der Waals surface area contributed by atoms with Gasteiger partial charge in [0.15, 0.2) is 0 Å². The highest BCUT2D eigenvalue weighted by atomic mass is 16.3. The number of phenolic OH excluding ortho intramolecular Hbond substituents is 1. The molecule has 31 heavy (non-hydrogen) atoms. The van der Waals surface area contributed by atoms with Crippen molar-refractivity contribution in [3.8, 4) is 5.75 Å². The molecule has 0 aromatic heterocycles. The predicted molar refractivity (Wildman–Crippen MR) is 138 cm³/mol. The topological polar surface area (TPSA) is 20.2 Å². The molecule has 0 amide bonds. The van der Waals surface area contributed by atoms with Crippen molar-refractivity contribution in [1.29, 1.82) is 0 Å². The first kappa shape index (κ1) is 25.8. The normalized spacial score (nSPS) is 11.4. The summed E-state index contributed by atoms with van der Waals surface area (Å²) in [6, 6.07) is 10.7. The van der Waals surface area contributed by atoms with E-state index in [0.29, 0.717) is 5.75 Å². The zero-order valence-electron chi connectivity index (χ0n) is 20.6. The Kier molecular flexibility index (Phi) is 13.4. The zero-order chi connectivity index (χ0) is 22.2. The maximum atomic E-state index is 11.1. The number of benzene rings is 2. The Morgan fingerprint density at radius 2 is 1.06 bits per heavy atom. The van der Waals surface area contributed by atoms with Crippen LogP contribution in [0, 0.1) is 0 Å². The van der Waals surface area contributed by atoms with Gasteiger partial charge in [-0.1, -0.05) is 134 Å². The molecule has 1 N–H and O–H groups in total. The molecular weight excluding hydrogens is 376 g/mol. The Morgan fingerprint density at radius 3 is 1.65 bits per heavy atom. The van der Waals surface area contributed by atoms with E-state index in [2.05, 4.69) is 38.1 Å². The van der Waals surface area contributed by atoms with Crippen molar-refractivity contribution in [2.45, 2.75) is 129 Å². The molecule has 0 aliphatic heterocycles. The molecule has 0 aliphatic rings. The van der Waals surface area contributed by atoms with Crippen LogP contribution in [0.15, 0.2) is 30.3 Å². The minimum absolute atomic E-state index is 0.551. The van der Waals surface area contributed by atoms with Crippen LogP contribution >= 0.6 is 0 Å². The molecule has 2 rings (SSSR count). The van der Waals surface area contributed by atoms with Crippen LogP contribution in [0.5, 0.6) is 5.75 Å². The van der Waals surface area contributed by atoms with Crippen LogP contribution in [-0.4, -0.2) is 5.11 Å². The van der Waals surface area contributed by atoms with Gasteiger partial charge in [-0.05, 0) is 42.2 Å². The van der Waals surface area contributed by atoms with Crippen LogP contribution in [0.3, 0.4) is 0 Å². The van der Waals surface area contributed by atoms with Gasteiger partial charge in [0, 0.05) is 5.39 Å². The number of fused-ring (bicyclic) bond motifs is 1. The molecule has 0 bridgehead atoms. The SMILES string of the molecule is CCCCCCCCCCc1cc2ccccc2c(O)c1CCCCCCCCCC. The van der Waals surface area contributed by atoms with Gasteiger partial charge in [0.2, 0.25) is 0 Å². The predicted octanol–water partition coefficient (Wildman–Crippen LogP) is 9.91. The molecule has 0 spiro atoms. The lowest BCUT2D eigenvalue weighted by Crippen LogP contribution is -1.98. The van der Waals surface area contributed by atoms with Crippen molar-refractivity contribution >= 4 is 10.8 Å². The lowest BCUT2D eigenvalue weighted by atomic mass is 9.92.